The molecular weight excluding hydrogens is 1110 g/mol. The minimum Gasteiger partial charge on any atom is -0.310 e. The highest BCUT2D eigenvalue weighted by molar-refractivity contribution is 8.21. The molecule has 0 bridgehead atoms. The fraction of sp³-hybridized carbons (Fsp3) is 0.143. The summed E-state index contributed by atoms with van der Waals surface area (Å²) in [5, 5.41) is 0. The number of rotatable bonds is 4. The molecule has 0 unspecified atom stereocenters. The molecule has 0 atom stereocenters. The zero-order valence-electron chi connectivity index (χ0n) is 52.0. The molecule has 5 nitrogen and oxygen atoms in total. The van der Waals surface area contributed by atoms with Crippen molar-refractivity contribution in [2.75, 3.05) is 19.6 Å². The maximum atomic E-state index is 20.5. The van der Waals surface area contributed by atoms with Gasteiger partial charge in [-0.05, 0) is 164 Å². The molecule has 6 heteroatoms. The summed E-state index contributed by atoms with van der Waals surface area (Å²) in [4.78, 5) is 13.0. The van der Waals surface area contributed by atoms with Gasteiger partial charge in [0.25, 0.3) is 0 Å². The van der Waals surface area contributed by atoms with Gasteiger partial charge in [0.05, 0.1) is 45.5 Å². The van der Waals surface area contributed by atoms with Crippen molar-refractivity contribution in [1.82, 2.24) is 0 Å². The second-order valence-corrected chi connectivity index (χ2v) is 31.3. The molecule has 6 heterocycles. The Balaban J connectivity index is 0.979. The van der Waals surface area contributed by atoms with Gasteiger partial charge in [0.15, 0.2) is 0 Å². The molecule has 0 fully saturated rings. The van der Waals surface area contributed by atoms with Crippen LogP contribution in [-0.4, -0.2) is 4.21 Å². The van der Waals surface area contributed by atoms with Crippen LogP contribution >= 0.6 is 0 Å². The molecule has 6 aliphatic heterocycles. The van der Waals surface area contributed by atoms with Gasteiger partial charge < -0.3 is 19.6 Å². The van der Waals surface area contributed by atoms with Crippen molar-refractivity contribution in [3.8, 4) is 22.3 Å². The summed E-state index contributed by atoms with van der Waals surface area (Å²) in [6.07, 6.45) is 0. The minimum absolute atomic E-state index is 0.278. The van der Waals surface area contributed by atoms with Crippen LogP contribution in [0.1, 0.15) is 99.9 Å². The number of nitrogens with zero attached hydrogens (tertiary/aromatic N) is 4. The zero-order valence-corrected chi connectivity index (χ0v) is 52.8. The molecule has 0 radical (unpaired) electrons. The van der Waals surface area contributed by atoms with E-state index >= 15 is 4.21 Å². The van der Waals surface area contributed by atoms with Gasteiger partial charge in [-0.1, -0.05) is 225 Å². The zero-order chi connectivity index (χ0) is 61.0. The van der Waals surface area contributed by atoms with Crippen molar-refractivity contribution in [1.29, 1.82) is 0 Å². The van der Waals surface area contributed by atoms with Crippen LogP contribution < -0.4 is 19.6 Å². The Morgan fingerprint density at radius 2 is 0.378 bits per heavy atom. The van der Waals surface area contributed by atoms with Crippen molar-refractivity contribution in [3.63, 3.8) is 0 Å². The van der Waals surface area contributed by atoms with Crippen LogP contribution in [0.4, 0.5) is 68.2 Å². The topological polar surface area (TPSA) is 30.0 Å². The van der Waals surface area contributed by atoms with Crippen molar-refractivity contribution in [2.45, 2.75) is 96.6 Å². The third-order valence-corrected chi connectivity index (χ3v) is 26.4. The van der Waals surface area contributed by atoms with Gasteiger partial charge in [-0.25, -0.2) is 0 Å². The predicted molar refractivity (Wildman–Crippen MR) is 372 cm³/mol. The average Bonchev–Trinajstić information content (AvgIpc) is 1.46. The summed E-state index contributed by atoms with van der Waals surface area (Å²) >= 11 is 0. The van der Waals surface area contributed by atoms with E-state index in [1.54, 1.807) is 0 Å². The molecule has 0 aliphatic carbocycles. The van der Waals surface area contributed by atoms with E-state index in [2.05, 4.69) is 342 Å². The van der Waals surface area contributed by atoms with Crippen molar-refractivity contribution in [3.05, 3.63) is 311 Å². The Morgan fingerprint density at radius 3 is 0.544 bits per heavy atom. The van der Waals surface area contributed by atoms with Crippen LogP contribution in [0.2, 0.25) is 0 Å². The largest absolute Gasteiger partial charge is 0.310 e. The van der Waals surface area contributed by atoms with Crippen molar-refractivity contribution in [2.24, 2.45) is 0 Å². The molecule has 6 aliphatic rings. The highest BCUT2D eigenvalue weighted by atomic mass is 32.3. The smallest absolute Gasteiger partial charge is 0.0502 e. The Hall–Kier alpha value is -10.0. The van der Waals surface area contributed by atoms with Crippen LogP contribution in [0.3, 0.4) is 0 Å². The second kappa shape index (κ2) is 17.9. The van der Waals surface area contributed by atoms with E-state index in [0.717, 1.165) is 110 Å². The molecular formula is C84H68N4OS. The number of anilines is 12. The number of hydrogen-bond donors (Lipinski definition) is 0. The fourth-order valence-corrected chi connectivity index (χ4v) is 22.5. The molecule has 0 saturated carbocycles. The molecule has 12 aromatic carbocycles. The molecule has 0 aromatic heterocycles. The number of fused-ring (bicyclic) bond motifs is 18. The maximum absolute atomic E-state index is 20.5. The highest BCUT2D eigenvalue weighted by Gasteiger charge is 2.59. The van der Waals surface area contributed by atoms with Crippen LogP contribution in [0, 0.1) is 0 Å². The summed E-state index contributed by atoms with van der Waals surface area (Å²) in [5.41, 5.74) is 25.4. The van der Waals surface area contributed by atoms with E-state index in [1.165, 1.54) is 44.5 Å². The first-order valence-electron chi connectivity index (χ1n) is 31.7. The predicted octanol–water partition coefficient (Wildman–Crippen LogP) is 22.4. The van der Waals surface area contributed by atoms with Gasteiger partial charge in [-0.15, -0.1) is 0 Å². The van der Waals surface area contributed by atoms with Gasteiger partial charge >= 0.3 is 0 Å². The van der Waals surface area contributed by atoms with Crippen molar-refractivity contribution >= 4 is 77.3 Å². The van der Waals surface area contributed by atoms with Gasteiger partial charge in [0, 0.05) is 73.1 Å². The maximum Gasteiger partial charge on any atom is 0.0502 e. The van der Waals surface area contributed by atoms with Gasteiger partial charge in [-0.3, -0.25) is 4.21 Å². The molecule has 0 N–H and O–H groups in total. The highest BCUT2D eigenvalue weighted by Crippen LogP contribution is 2.74. The summed E-state index contributed by atoms with van der Waals surface area (Å²) in [7, 11) is -4.87. The van der Waals surface area contributed by atoms with E-state index in [1.807, 2.05) is 0 Å². The first-order valence-corrected chi connectivity index (χ1v) is 33.7. The third kappa shape index (κ3) is 6.53. The lowest BCUT2D eigenvalue weighted by molar-refractivity contribution is 0.631. The molecule has 1 spiro atoms. The quantitative estimate of drug-likeness (QED) is 0.175. The van der Waals surface area contributed by atoms with Gasteiger partial charge in [0.1, 0.15) is 0 Å². The molecule has 18 rings (SSSR count). The summed E-state index contributed by atoms with van der Waals surface area (Å²) in [6.45, 7) is 18.7. The molecule has 0 saturated heterocycles. The first kappa shape index (κ1) is 53.1. The minimum atomic E-state index is -4.87. The fourth-order valence-electron chi connectivity index (χ4n) is 17.3. The van der Waals surface area contributed by atoms with Crippen LogP contribution in [0.15, 0.2) is 287 Å². The van der Waals surface area contributed by atoms with Crippen LogP contribution in [0.5, 0.6) is 0 Å². The molecule has 436 valence electrons. The number of benzene rings is 12. The molecule has 12 aromatic rings. The lowest BCUT2D eigenvalue weighted by Crippen LogP contribution is -2.33. The molecule has 90 heavy (non-hydrogen) atoms. The normalized spacial score (nSPS) is 17.9. The van der Waals surface area contributed by atoms with E-state index in [9.17, 15) is 0 Å². The van der Waals surface area contributed by atoms with E-state index in [-0.39, 0.29) is 21.7 Å². The standard InChI is InChI=1S/C84H68N4OS/c1-81(2)61-25-9-17-33-69(61)85(70-34-18-10-26-62(70)81)53-41-45-57-58-46-42-54(86-71-35-19-11-27-63(71)82(3,4)64-28-12-20-36-72(64)86)50-78(58)90(89,77(57)49-53)79-51-55(87-73-37-21-13-29-65(73)83(5,6)66-30-14-22-38-74(66)87)43-47-59(79)60-48-44-56(52-80(60)90)88-75-39-23-15-31-67(75)84(7,8)68-32-16-24-40-76(68)88/h9-52H,1-8H3. The Morgan fingerprint density at radius 1 is 0.222 bits per heavy atom. The third-order valence-electron chi connectivity index (χ3n) is 21.7. The SMILES string of the molecule is CC1(C)c2ccccc2N(c2ccc3c(c2)S2(=O)(c4cc(N5c6ccccc6C(C)(C)c6ccccc65)ccc4-3)c3cc(N4c5ccccc5C(C)(C)c5ccccc54)ccc3-c3ccc(N4c5ccccc5C(C)(C)c5ccccc54)cc32)c2ccccc21. The monoisotopic (exact) mass is 1180 g/mol. The first-order chi connectivity index (χ1) is 43.5. The lowest BCUT2D eigenvalue weighted by Gasteiger charge is -2.44. The molecule has 0 amide bonds. The number of hydrogen-bond acceptors (Lipinski definition) is 5. The Bertz CT molecular complexity index is 4370. The van der Waals surface area contributed by atoms with E-state index < -0.39 is 9.07 Å². The Kier molecular flexibility index (Phi) is 10.5. The number of para-hydroxylation sites is 8. The van der Waals surface area contributed by atoms with Crippen LogP contribution in [0.25, 0.3) is 22.3 Å². The average molecular weight is 1180 g/mol. The van der Waals surface area contributed by atoms with Gasteiger partial charge in [-0.2, -0.15) is 0 Å². The van der Waals surface area contributed by atoms with Crippen LogP contribution in [-0.2, 0) is 30.7 Å². The lowest BCUT2D eigenvalue weighted by atomic mass is 9.73. The van der Waals surface area contributed by atoms with Crippen molar-refractivity contribution < 1.29 is 4.21 Å². The van der Waals surface area contributed by atoms with E-state index in [4.69, 9.17) is 0 Å². The van der Waals surface area contributed by atoms with Gasteiger partial charge in [0.2, 0.25) is 0 Å². The van der Waals surface area contributed by atoms with E-state index in [0.29, 0.717) is 0 Å². The second-order valence-electron chi connectivity index (χ2n) is 27.6. The summed E-state index contributed by atoms with van der Waals surface area (Å²) < 4.78 is 20.5. The summed E-state index contributed by atoms with van der Waals surface area (Å²) in [6, 6.07) is 98.6. The summed E-state index contributed by atoms with van der Waals surface area (Å²) in [5.74, 6) is 0. The Labute approximate surface area is 528 Å².